The van der Waals surface area contributed by atoms with E-state index in [0.29, 0.717) is 37.7 Å². The molecule has 1 aromatic carbocycles. The van der Waals surface area contributed by atoms with Crippen molar-refractivity contribution in [2.24, 2.45) is 0 Å². The van der Waals surface area contributed by atoms with E-state index in [-0.39, 0.29) is 23.5 Å². The molecule has 1 aliphatic rings. The van der Waals surface area contributed by atoms with Crippen molar-refractivity contribution in [2.45, 2.75) is 6.92 Å². The van der Waals surface area contributed by atoms with Crippen LogP contribution in [0.15, 0.2) is 49.2 Å². The van der Waals surface area contributed by atoms with E-state index in [2.05, 4.69) is 26.8 Å². The topological polar surface area (TPSA) is 101 Å². The van der Waals surface area contributed by atoms with Crippen LogP contribution in [0, 0.1) is 6.92 Å². The number of hydrogen-bond donors (Lipinski definition) is 1. The highest BCUT2D eigenvalue weighted by Gasteiger charge is 2.23. The Kier molecular flexibility index (Phi) is 5.98. The molecule has 0 unspecified atom stereocenters. The predicted octanol–water partition coefficient (Wildman–Crippen LogP) is 2.43. The van der Waals surface area contributed by atoms with Gasteiger partial charge in [-0.15, -0.1) is 0 Å². The Labute approximate surface area is 185 Å². The standard InChI is InChI=1S/C23H24N6O3/c1-4-20(30)29-12-10-28(11-13-29)19-14-18(25-23(26-19)32-3)22(31)27-21-15(2)7-8-17-16(21)6-5-9-24-17/h4-9,14H,1,10-13H2,2-3H3,(H,27,31). The van der Waals surface area contributed by atoms with Gasteiger partial charge in [-0.1, -0.05) is 12.6 Å². The van der Waals surface area contributed by atoms with Gasteiger partial charge in [-0.3, -0.25) is 14.6 Å². The van der Waals surface area contributed by atoms with Crippen LogP contribution in [0.2, 0.25) is 0 Å². The van der Waals surface area contributed by atoms with Gasteiger partial charge in [0.05, 0.1) is 18.3 Å². The van der Waals surface area contributed by atoms with Crippen LogP contribution in [0.5, 0.6) is 6.01 Å². The van der Waals surface area contributed by atoms with Crippen molar-refractivity contribution in [2.75, 3.05) is 43.5 Å². The summed E-state index contributed by atoms with van der Waals surface area (Å²) >= 11 is 0. The van der Waals surface area contributed by atoms with Crippen LogP contribution in [-0.4, -0.2) is 65.0 Å². The zero-order valence-corrected chi connectivity index (χ0v) is 18.0. The second kappa shape index (κ2) is 9.01. The maximum atomic E-state index is 13.1. The van der Waals surface area contributed by atoms with Crippen LogP contribution in [0.1, 0.15) is 16.1 Å². The molecular weight excluding hydrogens is 408 g/mol. The Morgan fingerprint density at radius 1 is 1.16 bits per heavy atom. The Morgan fingerprint density at radius 2 is 1.94 bits per heavy atom. The first kappa shape index (κ1) is 21.2. The number of fused-ring (bicyclic) bond motifs is 1. The lowest BCUT2D eigenvalue weighted by molar-refractivity contribution is -0.126. The summed E-state index contributed by atoms with van der Waals surface area (Å²) in [6.07, 6.45) is 3.03. The van der Waals surface area contributed by atoms with Gasteiger partial charge in [-0.05, 0) is 36.8 Å². The molecule has 9 heteroatoms. The number of carbonyl (C=O) groups excluding carboxylic acids is 2. The second-order valence-corrected chi connectivity index (χ2v) is 7.40. The van der Waals surface area contributed by atoms with Crippen LogP contribution in [-0.2, 0) is 4.79 Å². The number of carbonyl (C=O) groups is 2. The zero-order chi connectivity index (χ0) is 22.7. The molecule has 32 heavy (non-hydrogen) atoms. The number of nitrogens with zero attached hydrogens (tertiary/aromatic N) is 5. The molecule has 164 valence electrons. The number of aryl methyl sites for hydroxylation is 1. The van der Waals surface area contributed by atoms with Crippen molar-refractivity contribution < 1.29 is 14.3 Å². The fraction of sp³-hybridized carbons (Fsp3) is 0.261. The number of rotatable bonds is 5. The van der Waals surface area contributed by atoms with Gasteiger partial charge in [-0.2, -0.15) is 9.97 Å². The highest BCUT2D eigenvalue weighted by Crippen LogP contribution is 2.27. The number of benzene rings is 1. The third-order valence-corrected chi connectivity index (χ3v) is 5.43. The van der Waals surface area contributed by atoms with E-state index in [4.69, 9.17) is 4.74 Å². The quantitative estimate of drug-likeness (QED) is 0.618. The lowest BCUT2D eigenvalue weighted by atomic mass is 10.1. The number of amides is 2. The van der Waals surface area contributed by atoms with Gasteiger partial charge < -0.3 is 19.9 Å². The predicted molar refractivity (Wildman–Crippen MR) is 122 cm³/mol. The molecule has 0 radical (unpaired) electrons. The van der Waals surface area contributed by atoms with Gasteiger partial charge >= 0.3 is 6.01 Å². The Hall–Kier alpha value is -4.01. The molecule has 4 rings (SSSR count). The highest BCUT2D eigenvalue weighted by molar-refractivity contribution is 6.08. The van der Waals surface area contributed by atoms with Gasteiger partial charge in [-0.25, -0.2) is 0 Å². The van der Waals surface area contributed by atoms with E-state index in [9.17, 15) is 9.59 Å². The molecular formula is C23H24N6O3. The van der Waals surface area contributed by atoms with Gasteiger partial charge in [0.1, 0.15) is 11.5 Å². The lowest BCUT2D eigenvalue weighted by Crippen LogP contribution is -2.48. The third-order valence-electron chi connectivity index (χ3n) is 5.43. The van der Waals surface area contributed by atoms with Crippen LogP contribution in [0.3, 0.4) is 0 Å². The minimum atomic E-state index is -0.369. The van der Waals surface area contributed by atoms with E-state index in [1.54, 1.807) is 17.2 Å². The summed E-state index contributed by atoms with van der Waals surface area (Å²) in [6.45, 7) is 7.71. The first-order valence-electron chi connectivity index (χ1n) is 10.2. The van der Waals surface area contributed by atoms with Gasteiger partial charge in [0.25, 0.3) is 5.91 Å². The number of ether oxygens (including phenoxy) is 1. The number of aromatic nitrogens is 3. The minimum absolute atomic E-state index is 0.0927. The summed E-state index contributed by atoms with van der Waals surface area (Å²) in [6, 6.07) is 9.33. The van der Waals surface area contributed by atoms with Crippen LogP contribution in [0.4, 0.5) is 11.5 Å². The summed E-state index contributed by atoms with van der Waals surface area (Å²) in [7, 11) is 1.46. The van der Waals surface area contributed by atoms with Crippen molar-refractivity contribution >= 4 is 34.2 Å². The summed E-state index contributed by atoms with van der Waals surface area (Å²) in [4.78, 5) is 41.7. The van der Waals surface area contributed by atoms with Crippen molar-refractivity contribution in [1.82, 2.24) is 19.9 Å². The maximum absolute atomic E-state index is 13.1. The molecule has 1 aliphatic heterocycles. The minimum Gasteiger partial charge on any atom is -0.467 e. The average molecular weight is 432 g/mol. The van der Waals surface area contributed by atoms with Crippen LogP contribution >= 0.6 is 0 Å². The normalized spacial score (nSPS) is 13.7. The number of methoxy groups -OCH3 is 1. The third kappa shape index (κ3) is 4.22. The number of anilines is 2. The van der Waals surface area contributed by atoms with Crippen molar-refractivity contribution in [1.29, 1.82) is 0 Å². The van der Waals surface area contributed by atoms with Crippen LogP contribution in [0.25, 0.3) is 10.9 Å². The van der Waals surface area contributed by atoms with Gasteiger partial charge in [0, 0.05) is 43.8 Å². The van der Waals surface area contributed by atoms with E-state index < -0.39 is 0 Å². The number of pyridine rings is 1. The summed E-state index contributed by atoms with van der Waals surface area (Å²) in [5.74, 6) is 0.112. The SMILES string of the molecule is C=CC(=O)N1CCN(c2cc(C(=O)Nc3c(C)ccc4ncccc34)nc(OC)n2)CC1. The molecule has 9 nitrogen and oxygen atoms in total. The zero-order valence-electron chi connectivity index (χ0n) is 18.0. The molecule has 0 bridgehead atoms. The van der Waals surface area contributed by atoms with Gasteiger partial charge in [0.15, 0.2) is 0 Å². The molecule has 3 heterocycles. The Bertz CT molecular complexity index is 1190. The molecule has 2 amide bonds. The average Bonchev–Trinajstić information content (AvgIpc) is 2.85. The Balaban J connectivity index is 1.60. The molecule has 1 saturated heterocycles. The van der Waals surface area contributed by atoms with Crippen LogP contribution < -0.4 is 15.0 Å². The smallest absolute Gasteiger partial charge is 0.318 e. The molecule has 0 saturated carbocycles. The van der Waals surface area contributed by atoms with E-state index in [1.165, 1.54) is 13.2 Å². The van der Waals surface area contributed by atoms with E-state index in [1.807, 2.05) is 36.1 Å². The molecule has 3 aromatic rings. The molecule has 0 atom stereocenters. The first-order chi connectivity index (χ1) is 15.5. The van der Waals surface area contributed by atoms with E-state index >= 15 is 0 Å². The number of nitrogens with one attached hydrogen (secondary N) is 1. The second-order valence-electron chi connectivity index (χ2n) is 7.40. The van der Waals surface area contributed by atoms with Gasteiger partial charge in [0.2, 0.25) is 5.91 Å². The monoisotopic (exact) mass is 432 g/mol. The summed E-state index contributed by atoms with van der Waals surface area (Å²) < 4.78 is 5.24. The number of hydrogen-bond acceptors (Lipinski definition) is 7. The molecule has 0 aliphatic carbocycles. The summed E-state index contributed by atoms with van der Waals surface area (Å²) in [5.41, 5.74) is 2.59. The summed E-state index contributed by atoms with van der Waals surface area (Å²) in [5, 5.41) is 3.83. The maximum Gasteiger partial charge on any atom is 0.318 e. The van der Waals surface area contributed by atoms with E-state index in [0.717, 1.165) is 16.5 Å². The van der Waals surface area contributed by atoms with Crippen molar-refractivity contribution in [3.8, 4) is 6.01 Å². The van der Waals surface area contributed by atoms with Crippen molar-refractivity contribution in [3.05, 3.63) is 60.4 Å². The van der Waals surface area contributed by atoms with Crippen molar-refractivity contribution in [3.63, 3.8) is 0 Å². The molecule has 1 N–H and O–H groups in total. The largest absolute Gasteiger partial charge is 0.467 e. The fourth-order valence-corrected chi connectivity index (χ4v) is 3.67. The Morgan fingerprint density at radius 3 is 2.66 bits per heavy atom. The molecule has 2 aromatic heterocycles. The molecule has 1 fully saturated rings. The first-order valence-corrected chi connectivity index (χ1v) is 10.2. The molecule has 0 spiro atoms. The fourth-order valence-electron chi connectivity index (χ4n) is 3.67. The highest BCUT2D eigenvalue weighted by atomic mass is 16.5. The lowest BCUT2D eigenvalue weighted by Gasteiger charge is -2.35. The number of piperazine rings is 1.